The topological polar surface area (TPSA) is 3.24 Å². The molecule has 1 heterocycles. The fourth-order valence-electron chi connectivity index (χ4n) is 1.57. The summed E-state index contributed by atoms with van der Waals surface area (Å²) in [6, 6.07) is 8.18. The van der Waals surface area contributed by atoms with Gasteiger partial charge in [0.25, 0.3) is 0 Å². The number of rotatable bonds is 2. The van der Waals surface area contributed by atoms with Gasteiger partial charge in [0.05, 0.1) is 0 Å². The van der Waals surface area contributed by atoms with E-state index in [9.17, 15) is 0 Å². The van der Waals surface area contributed by atoms with Crippen LogP contribution in [0.2, 0.25) is 5.02 Å². The zero-order valence-electron chi connectivity index (χ0n) is 8.49. The summed E-state index contributed by atoms with van der Waals surface area (Å²) >= 11 is 5.86. The van der Waals surface area contributed by atoms with Gasteiger partial charge in [0.2, 0.25) is 0 Å². The normalized spacial score (nSPS) is 18.7. The minimum Gasteiger partial charge on any atom is -0.297 e. The molecule has 0 unspecified atom stereocenters. The van der Waals surface area contributed by atoms with Gasteiger partial charge in [-0.3, -0.25) is 4.90 Å². The van der Waals surface area contributed by atoms with E-state index in [2.05, 4.69) is 17.0 Å². The molecule has 1 saturated heterocycles. The maximum absolute atomic E-state index is 5.86. The Morgan fingerprint density at radius 1 is 1.07 bits per heavy atom. The smallest absolute Gasteiger partial charge is 0.0406 e. The molecule has 0 radical (unpaired) electrons. The molecule has 0 aromatic heterocycles. The third-order valence-electron chi connectivity index (χ3n) is 2.38. The largest absolute Gasteiger partial charge is 0.297 e. The molecule has 0 amide bonds. The maximum Gasteiger partial charge on any atom is 0.0406 e. The third-order valence-corrected chi connectivity index (χ3v) is 5.00. The molecule has 0 bridgehead atoms. The Labute approximate surface area is 104 Å². The van der Waals surface area contributed by atoms with E-state index in [-0.39, 0.29) is 0 Å². The molecule has 15 heavy (non-hydrogen) atoms. The lowest BCUT2D eigenvalue weighted by Gasteiger charge is -2.18. The minimum atomic E-state index is 0.820. The van der Waals surface area contributed by atoms with Gasteiger partial charge in [-0.05, 0) is 17.7 Å². The summed E-state index contributed by atoms with van der Waals surface area (Å²) in [6.45, 7) is 3.44. The molecule has 4 heteroatoms. The standard InChI is InChI=1S/C11H14ClNS2/c12-11-3-1-10(2-4-11)9-13-5-7-14-15-8-6-13/h1-4H,5-9H2. The molecule has 1 aliphatic heterocycles. The zero-order chi connectivity index (χ0) is 10.5. The van der Waals surface area contributed by atoms with E-state index in [4.69, 9.17) is 11.6 Å². The molecule has 0 spiro atoms. The van der Waals surface area contributed by atoms with Crippen molar-refractivity contribution in [2.75, 3.05) is 24.6 Å². The van der Waals surface area contributed by atoms with Crippen molar-refractivity contribution < 1.29 is 0 Å². The van der Waals surface area contributed by atoms with Crippen LogP contribution in [-0.2, 0) is 6.54 Å². The van der Waals surface area contributed by atoms with Gasteiger partial charge in [-0.25, -0.2) is 0 Å². The molecular weight excluding hydrogens is 246 g/mol. The molecule has 1 nitrogen and oxygen atoms in total. The van der Waals surface area contributed by atoms with Crippen LogP contribution in [0.15, 0.2) is 24.3 Å². The Balaban J connectivity index is 1.92. The van der Waals surface area contributed by atoms with Crippen molar-refractivity contribution in [3.8, 4) is 0 Å². The molecule has 0 N–H and O–H groups in total. The van der Waals surface area contributed by atoms with E-state index in [1.165, 1.54) is 30.2 Å². The molecule has 0 aliphatic carbocycles. The number of hydrogen-bond acceptors (Lipinski definition) is 3. The van der Waals surface area contributed by atoms with Gasteiger partial charge >= 0.3 is 0 Å². The number of nitrogens with zero attached hydrogens (tertiary/aromatic N) is 1. The van der Waals surface area contributed by atoms with Crippen LogP contribution in [-0.4, -0.2) is 29.5 Å². The van der Waals surface area contributed by atoms with Crippen LogP contribution < -0.4 is 0 Å². The molecule has 1 aromatic carbocycles. The van der Waals surface area contributed by atoms with Crippen molar-refractivity contribution in [3.63, 3.8) is 0 Å². The van der Waals surface area contributed by atoms with Crippen LogP contribution in [0.1, 0.15) is 5.56 Å². The first kappa shape index (κ1) is 11.6. The zero-order valence-corrected chi connectivity index (χ0v) is 10.9. The van der Waals surface area contributed by atoms with Gasteiger partial charge in [-0.15, -0.1) is 0 Å². The first-order valence-electron chi connectivity index (χ1n) is 5.06. The average molecular weight is 260 g/mol. The van der Waals surface area contributed by atoms with Crippen LogP contribution in [0.3, 0.4) is 0 Å². The molecule has 1 aliphatic rings. The van der Waals surface area contributed by atoms with Crippen molar-refractivity contribution in [2.45, 2.75) is 6.54 Å². The molecule has 82 valence electrons. The number of halogens is 1. The number of hydrogen-bond donors (Lipinski definition) is 0. The van der Waals surface area contributed by atoms with E-state index in [0.717, 1.165) is 11.6 Å². The van der Waals surface area contributed by atoms with Gasteiger partial charge in [0.1, 0.15) is 0 Å². The Morgan fingerprint density at radius 2 is 1.67 bits per heavy atom. The quantitative estimate of drug-likeness (QED) is 0.748. The molecule has 1 aromatic rings. The highest BCUT2D eigenvalue weighted by Gasteiger charge is 2.09. The first-order chi connectivity index (χ1) is 7.34. The Morgan fingerprint density at radius 3 is 2.27 bits per heavy atom. The predicted octanol–water partition coefficient (Wildman–Crippen LogP) is 3.54. The van der Waals surface area contributed by atoms with E-state index in [1.807, 2.05) is 33.7 Å². The SMILES string of the molecule is Clc1ccc(CN2CCSSCC2)cc1. The fraction of sp³-hybridized carbons (Fsp3) is 0.455. The second-order valence-corrected chi connectivity index (χ2v) is 6.69. The van der Waals surface area contributed by atoms with E-state index in [0.29, 0.717) is 0 Å². The average Bonchev–Trinajstić information content (AvgIpc) is 2.50. The third kappa shape index (κ3) is 3.91. The van der Waals surface area contributed by atoms with Gasteiger partial charge in [0, 0.05) is 36.2 Å². The van der Waals surface area contributed by atoms with E-state index >= 15 is 0 Å². The second kappa shape index (κ2) is 6.04. The lowest BCUT2D eigenvalue weighted by Crippen LogP contribution is -2.26. The highest BCUT2D eigenvalue weighted by Crippen LogP contribution is 2.24. The molecule has 2 rings (SSSR count). The number of benzene rings is 1. The summed E-state index contributed by atoms with van der Waals surface area (Å²) in [4.78, 5) is 2.51. The second-order valence-electron chi connectivity index (χ2n) is 3.55. The summed E-state index contributed by atoms with van der Waals surface area (Å²) < 4.78 is 0. The lowest BCUT2D eigenvalue weighted by atomic mass is 10.2. The van der Waals surface area contributed by atoms with Crippen molar-refractivity contribution >= 4 is 33.2 Å². The molecular formula is C11H14ClNS2. The lowest BCUT2D eigenvalue weighted by molar-refractivity contribution is 0.302. The van der Waals surface area contributed by atoms with Gasteiger partial charge in [-0.1, -0.05) is 45.3 Å². The minimum absolute atomic E-state index is 0.820. The van der Waals surface area contributed by atoms with E-state index < -0.39 is 0 Å². The Bertz CT molecular complexity index is 294. The fourth-order valence-corrected chi connectivity index (χ4v) is 3.75. The molecule has 0 atom stereocenters. The van der Waals surface area contributed by atoms with Gasteiger partial charge < -0.3 is 0 Å². The molecule has 0 saturated carbocycles. The first-order valence-corrected chi connectivity index (χ1v) is 7.92. The summed E-state index contributed by atoms with van der Waals surface area (Å²) in [6.07, 6.45) is 0. The highest BCUT2D eigenvalue weighted by molar-refractivity contribution is 8.76. The highest BCUT2D eigenvalue weighted by atomic mass is 35.5. The van der Waals surface area contributed by atoms with Gasteiger partial charge in [-0.2, -0.15) is 0 Å². The van der Waals surface area contributed by atoms with Crippen molar-refractivity contribution in [1.82, 2.24) is 4.90 Å². The maximum atomic E-state index is 5.86. The summed E-state index contributed by atoms with van der Waals surface area (Å²) in [5, 5.41) is 0.820. The predicted molar refractivity (Wildman–Crippen MR) is 71.6 cm³/mol. The van der Waals surface area contributed by atoms with Crippen LogP contribution in [0.25, 0.3) is 0 Å². The Kier molecular flexibility index (Phi) is 4.69. The summed E-state index contributed by atoms with van der Waals surface area (Å²) in [5.41, 5.74) is 1.36. The summed E-state index contributed by atoms with van der Waals surface area (Å²) in [5.74, 6) is 2.47. The Hall–Kier alpha value is 0.170. The van der Waals surface area contributed by atoms with Crippen LogP contribution in [0.5, 0.6) is 0 Å². The van der Waals surface area contributed by atoms with Crippen LogP contribution in [0.4, 0.5) is 0 Å². The van der Waals surface area contributed by atoms with Gasteiger partial charge in [0.15, 0.2) is 0 Å². The van der Waals surface area contributed by atoms with Crippen molar-refractivity contribution in [1.29, 1.82) is 0 Å². The van der Waals surface area contributed by atoms with Crippen LogP contribution in [0, 0.1) is 0 Å². The van der Waals surface area contributed by atoms with Crippen molar-refractivity contribution in [2.24, 2.45) is 0 Å². The van der Waals surface area contributed by atoms with E-state index in [1.54, 1.807) is 0 Å². The summed E-state index contributed by atoms with van der Waals surface area (Å²) in [7, 11) is 3.97. The van der Waals surface area contributed by atoms with Crippen molar-refractivity contribution in [3.05, 3.63) is 34.9 Å². The monoisotopic (exact) mass is 259 g/mol. The van der Waals surface area contributed by atoms with Crippen LogP contribution >= 0.6 is 33.2 Å². The molecule has 1 fully saturated rings.